The van der Waals surface area contributed by atoms with Crippen molar-refractivity contribution in [3.63, 3.8) is 0 Å². The van der Waals surface area contributed by atoms with E-state index in [9.17, 15) is 9.59 Å². The number of aromatic amines is 2. The van der Waals surface area contributed by atoms with Crippen LogP contribution in [0.4, 0.5) is 0 Å². The Bertz CT molecular complexity index is 1670. The van der Waals surface area contributed by atoms with E-state index in [1.807, 2.05) is 53.4 Å². The van der Waals surface area contributed by atoms with Gasteiger partial charge >= 0.3 is 5.69 Å². The molecule has 3 aromatic heterocycles. The van der Waals surface area contributed by atoms with Crippen LogP contribution in [0.15, 0.2) is 65.7 Å². The maximum atomic E-state index is 12.9. The molecule has 0 aliphatic carbocycles. The van der Waals surface area contributed by atoms with Gasteiger partial charge in [0.1, 0.15) is 5.65 Å². The Balaban J connectivity index is 1.35. The summed E-state index contributed by atoms with van der Waals surface area (Å²) in [6, 6.07) is 16.1. The van der Waals surface area contributed by atoms with Crippen molar-refractivity contribution in [3.8, 4) is 22.3 Å². The maximum Gasteiger partial charge on any atom is 0.326 e. The molecule has 2 aromatic carbocycles. The van der Waals surface area contributed by atoms with Gasteiger partial charge in [-0.2, -0.15) is 0 Å². The minimum absolute atomic E-state index is 0.0208. The number of hydrogen-bond acceptors (Lipinski definition) is 4. The molecule has 1 aliphatic heterocycles. The minimum atomic E-state index is -0.0422. The molecular formula is C29H30N6O2. The molecule has 1 amide bonds. The average molecular weight is 495 g/mol. The van der Waals surface area contributed by atoms with Gasteiger partial charge in [0.15, 0.2) is 0 Å². The number of amides is 1. The van der Waals surface area contributed by atoms with E-state index in [2.05, 4.69) is 39.0 Å². The van der Waals surface area contributed by atoms with Gasteiger partial charge in [0.05, 0.1) is 11.0 Å². The second-order valence-electron chi connectivity index (χ2n) is 10.2. The summed E-state index contributed by atoms with van der Waals surface area (Å²) < 4.78 is 1.93. The summed E-state index contributed by atoms with van der Waals surface area (Å²) in [4.78, 5) is 40.0. The first kappa shape index (κ1) is 23.2. The summed E-state index contributed by atoms with van der Waals surface area (Å²) in [6.07, 6.45) is 5.76. The van der Waals surface area contributed by atoms with Gasteiger partial charge in [-0.05, 0) is 74.4 Å². The lowest BCUT2D eigenvalue weighted by Gasteiger charge is -2.29. The molecule has 1 saturated heterocycles. The molecule has 0 saturated carbocycles. The summed E-state index contributed by atoms with van der Waals surface area (Å²) in [7, 11) is 5.63. The number of rotatable bonds is 4. The molecule has 2 N–H and O–H groups in total. The first-order valence-corrected chi connectivity index (χ1v) is 12.6. The number of nitrogens with one attached hydrogen (secondary N) is 2. The van der Waals surface area contributed by atoms with E-state index >= 15 is 0 Å². The van der Waals surface area contributed by atoms with Crippen molar-refractivity contribution in [2.45, 2.75) is 18.9 Å². The van der Waals surface area contributed by atoms with Gasteiger partial charge in [-0.15, -0.1) is 0 Å². The van der Waals surface area contributed by atoms with Crippen LogP contribution < -0.4 is 5.69 Å². The predicted molar refractivity (Wildman–Crippen MR) is 147 cm³/mol. The van der Waals surface area contributed by atoms with Crippen LogP contribution in [0.2, 0.25) is 0 Å². The van der Waals surface area contributed by atoms with Gasteiger partial charge in [0, 0.05) is 54.6 Å². The number of imidazole rings is 1. The highest BCUT2D eigenvalue weighted by Gasteiger charge is 2.22. The zero-order chi connectivity index (χ0) is 25.7. The van der Waals surface area contributed by atoms with Gasteiger partial charge in [-0.3, -0.25) is 9.36 Å². The quantitative estimate of drug-likeness (QED) is 0.385. The van der Waals surface area contributed by atoms with Crippen LogP contribution in [0.25, 0.3) is 44.3 Å². The first-order valence-electron chi connectivity index (χ1n) is 12.6. The molecule has 0 spiro atoms. The summed E-state index contributed by atoms with van der Waals surface area (Å²) in [5.74, 6) is -0.0208. The van der Waals surface area contributed by atoms with Crippen LogP contribution in [0, 0.1) is 0 Å². The Morgan fingerprint density at radius 1 is 1.00 bits per heavy atom. The van der Waals surface area contributed by atoms with Gasteiger partial charge in [0.2, 0.25) is 0 Å². The van der Waals surface area contributed by atoms with Crippen LogP contribution >= 0.6 is 0 Å². The van der Waals surface area contributed by atoms with Crippen LogP contribution in [0.5, 0.6) is 0 Å². The molecule has 1 aliphatic rings. The Kier molecular flexibility index (Phi) is 5.68. The van der Waals surface area contributed by atoms with Gasteiger partial charge in [0.25, 0.3) is 5.91 Å². The van der Waals surface area contributed by atoms with E-state index in [-0.39, 0.29) is 17.6 Å². The third kappa shape index (κ3) is 4.13. The molecule has 8 heteroatoms. The molecule has 0 radical (unpaired) electrons. The van der Waals surface area contributed by atoms with Crippen LogP contribution in [0.1, 0.15) is 29.2 Å². The predicted octanol–water partition coefficient (Wildman–Crippen LogP) is 4.51. The fraction of sp³-hybridized carbons (Fsp3) is 0.276. The smallest absolute Gasteiger partial charge is 0.326 e. The van der Waals surface area contributed by atoms with E-state index < -0.39 is 0 Å². The Hall–Kier alpha value is -4.17. The minimum Gasteiger partial charge on any atom is -0.346 e. The molecule has 1 fully saturated rings. The van der Waals surface area contributed by atoms with E-state index in [0.717, 1.165) is 70.3 Å². The highest BCUT2D eigenvalue weighted by atomic mass is 16.2. The molecule has 8 nitrogen and oxygen atoms in total. The van der Waals surface area contributed by atoms with Crippen molar-refractivity contribution in [3.05, 3.63) is 77.0 Å². The van der Waals surface area contributed by atoms with Crippen LogP contribution in [-0.2, 0) is 0 Å². The fourth-order valence-electron chi connectivity index (χ4n) is 5.38. The molecule has 6 rings (SSSR count). The first-order chi connectivity index (χ1) is 17.9. The zero-order valence-electron chi connectivity index (χ0n) is 21.3. The lowest BCUT2D eigenvalue weighted by molar-refractivity contribution is 0.0827. The highest BCUT2D eigenvalue weighted by Crippen LogP contribution is 2.32. The summed E-state index contributed by atoms with van der Waals surface area (Å²) >= 11 is 0. The summed E-state index contributed by atoms with van der Waals surface area (Å²) in [6.45, 7) is 2.00. The lowest BCUT2D eigenvalue weighted by atomic mass is 10.0. The third-order valence-electron chi connectivity index (χ3n) is 7.48. The molecule has 5 aromatic rings. The summed E-state index contributed by atoms with van der Waals surface area (Å²) in [5, 5.41) is 1.00. The van der Waals surface area contributed by atoms with Crippen LogP contribution in [0.3, 0.4) is 0 Å². The molecule has 4 heterocycles. The average Bonchev–Trinajstić information content (AvgIpc) is 3.48. The fourth-order valence-corrected chi connectivity index (χ4v) is 5.38. The van der Waals surface area contributed by atoms with Gasteiger partial charge < -0.3 is 19.8 Å². The number of likely N-dealkylation sites (tertiary alicyclic amines) is 1. The van der Waals surface area contributed by atoms with Crippen LogP contribution in [-0.4, -0.2) is 69.5 Å². The van der Waals surface area contributed by atoms with E-state index in [1.54, 1.807) is 19.0 Å². The van der Waals surface area contributed by atoms with Crippen molar-refractivity contribution >= 4 is 28.0 Å². The molecule has 0 bridgehead atoms. The zero-order valence-corrected chi connectivity index (χ0v) is 21.3. The highest BCUT2D eigenvalue weighted by molar-refractivity contribution is 5.98. The van der Waals surface area contributed by atoms with Gasteiger partial charge in [-0.25, -0.2) is 9.78 Å². The topological polar surface area (TPSA) is 90.0 Å². The number of piperidine rings is 1. The van der Waals surface area contributed by atoms with Gasteiger partial charge in [-0.1, -0.05) is 18.2 Å². The van der Waals surface area contributed by atoms with E-state index in [4.69, 9.17) is 0 Å². The lowest BCUT2D eigenvalue weighted by Crippen LogP contribution is -2.34. The van der Waals surface area contributed by atoms with E-state index in [0.29, 0.717) is 5.56 Å². The second-order valence-corrected chi connectivity index (χ2v) is 10.2. The third-order valence-corrected chi connectivity index (χ3v) is 7.48. The number of carbonyl (C=O) groups is 1. The Labute approximate surface area is 214 Å². The van der Waals surface area contributed by atoms with E-state index in [1.165, 1.54) is 0 Å². The number of H-pyrrole nitrogens is 2. The standard InChI is InChI=1S/C29H30N6O2/c1-33(2)28(36)19-6-4-18(5-7-19)24-17-31-27-23(24)14-21(16-30-27)20-8-9-26-25(15-20)32-29(37)35(26)22-10-12-34(3)13-11-22/h4-9,14-17,22H,10-13H2,1-3H3,(H,30,31)(H,32,37). The summed E-state index contributed by atoms with van der Waals surface area (Å²) in [5.41, 5.74) is 7.22. The molecule has 0 atom stereocenters. The normalized spacial score (nSPS) is 15.0. The number of hydrogen-bond donors (Lipinski definition) is 2. The number of aromatic nitrogens is 4. The maximum absolute atomic E-state index is 12.9. The Morgan fingerprint density at radius 2 is 1.73 bits per heavy atom. The largest absolute Gasteiger partial charge is 0.346 e. The van der Waals surface area contributed by atoms with Crippen molar-refractivity contribution in [2.24, 2.45) is 0 Å². The monoisotopic (exact) mass is 494 g/mol. The number of fused-ring (bicyclic) bond motifs is 2. The SMILES string of the molecule is CN1CCC(n2c(=O)[nH]c3cc(-c4cnc5[nH]cc(-c6ccc(C(=O)N(C)C)cc6)c5c4)ccc32)CC1. The molecule has 37 heavy (non-hydrogen) atoms. The Morgan fingerprint density at radius 3 is 2.46 bits per heavy atom. The number of nitrogens with zero attached hydrogens (tertiary/aromatic N) is 4. The molecule has 0 unspecified atom stereocenters. The van der Waals surface area contributed by atoms with Crippen molar-refractivity contribution < 1.29 is 4.79 Å². The number of carbonyl (C=O) groups excluding carboxylic acids is 1. The second kappa shape index (κ2) is 9.05. The van der Waals surface area contributed by atoms with Crippen molar-refractivity contribution in [1.29, 1.82) is 0 Å². The van der Waals surface area contributed by atoms with Crippen molar-refractivity contribution in [1.82, 2.24) is 29.3 Å². The van der Waals surface area contributed by atoms with Crippen molar-refractivity contribution in [2.75, 3.05) is 34.2 Å². The molecule has 188 valence electrons. The number of pyridine rings is 1. The number of benzene rings is 2. The molecular weight excluding hydrogens is 464 g/mol.